The van der Waals surface area contributed by atoms with Crippen molar-refractivity contribution in [1.82, 2.24) is 0 Å². The molecule has 2 aromatic carbocycles. The molecule has 9 heteroatoms. The van der Waals surface area contributed by atoms with Gasteiger partial charge in [-0.25, -0.2) is 0 Å². The molecule has 0 radical (unpaired) electrons. The summed E-state index contributed by atoms with van der Waals surface area (Å²) in [7, 11) is 0. The Bertz CT molecular complexity index is 746. The number of para-hydroxylation sites is 1. The minimum Gasteiger partial charge on any atom is -0.321 e. The Labute approximate surface area is 132 Å². The van der Waals surface area contributed by atoms with Gasteiger partial charge >= 0.3 is 0 Å². The number of hydrogen-bond acceptors (Lipinski definition) is 5. The molecular weight excluding hydrogens is 358 g/mol. The van der Waals surface area contributed by atoms with Crippen molar-refractivity contribution in [2.45, 2.75) is 0 Å². The molecule has 0 saturated heterocycles. The Balaban J connectivity index is 2.39. The lowest BCUT2D eigenvalue weighted by Gasteiger charge is -2.07. The van der Waals surface area contributed by atoms with Gasteiger partial charge in [0.25, 0.3) is 17.3 Å². The summed E-state index contributed by atoms with van der Waals surface area (Å²) in [4.78, 5) is 32.2. The van der Waals surface area contributed by atoms with Gasteiger partial charge in [-0.15, -0.1) is 0 Å². The molecule has 0 heterocycles. The van der Waals surface area contributed by atoms with E-state index >= 15 is 0 Å². The molecule has 0 spiro atoms. The number of anilines is 1. The highest BCUT2D eigenvalue weighted by atomic mass is 79.9. The summed E-state index contributed by atoms with van der Waals surface area (Å²) in [5.74, 6) is -0.682. The van der Waals surface area contributed by atoms with E-state index in [1.54, 1.807) is 24.3 Å². The summed E-state index contributed by atoms with van der Waals surface area (Å²) in [5, 5.41) is 24.1. The Morgan fingerprint density at radius 3 is 2.05 bits per heavy atom. The van der Waals surface area contributed by atoms with Crippen LogP contribution in [0.15, 0.2) is 46.9 Å². The lowest BCUT2D eigenvalue weighted by molar-refractivity contribution is -0.394. The van der Waals surface area contributed by atoms with Gasteiger partial charge < -0.3 is 5.32 Å². The van der Waals surface area contributed by atoms with Gasteiger partial charge in [-0.1, -0.05) is 12.1 Å². The van der Waals surface area contributed by atoms with E-state index in [0.717, 1.165) is 18.2 Å². The smallest absolute Gasteiger partial charge is 0.277 e. The van der Waals surface area contributed by atoms with E-state index in [2.05, 4.69) is 21.2 Å². The van der Waals surface area contributed by atoms with Crippen molar-refractivity contribution in [3.8, 4) is 0 Å². The van der Waals surface area contributed by atoms with Crippen molar-refractivity contribution >= 4 is 38.9 Å². The molecule has 0 atom stereocenters. The Hall–Kier alpha value is -2.81. The quantitative estimate of drug-likeness (QED) is 0.657. The maximum atomic E-state index is 12.1. The Morgan fingerprint density at radius 1 is 1.00 bits per heavy atom. The number of nitro groups is 2. The lowest BCUT2D eigenvalue weighted by atomic mass is 10.1. The molecular formula is C13H8BrN3O5. The molecule has 0 bridgehead atoms. The van der Waals surface area contributed by atoms with Crippen LogP contribution >= 0.6 is 15.9 Å². The first-order chi connectivity index (χ1) is 10.4. The number of benzene rings is 2. The van der Waals surface area contributed by atoms with Crippen molar-refractivity contribution in [1.29, 1.82) is 0 Å². The van der Waals surface area contributed by atoms with Crippen LogP contribution in [0.2, 0.25) is 0 Å². The first-order valence-electron chi connectivity index (χ1n) is 5.88. The average Bonchev–Trinajstić information content (AvgIpc) is 2.49. The van der Waals surface area contributed by atoms with Crippen LogP contribution in [0.5, 0.6) is 0 Å². The van der Waals surface area contributed by atoms with E-state index in [-0.39, 0.29) is 5.56 Å². The molecule has 8 nitrogen and oxygen atoms in total. The first-order valence-corrected chi connectivity index (χ1v) is 6.67. The largest absolute Gasteiger partial charge is 0.321 e. The van der Waals surface area contributed by atoms with Gasteiger partial charge in [0.2, 0.25) is 0 Å². The predicted molar refractivity (Wildman–Crippen MR) is 81.8 cm³/mol. The van der Waals surface area contributed by atoms with Crippen molar-refractivity contribution in [2.75, 3.05) is 5.32 Å². The minimum absolute atomic E-state index is 0.170. The van der Waals surface area contributed by atoms with Gasteiger partial charge in [0.15, 0.2) is 0 Å². The normalized spacial score (nSPS) is 10.0. The van der Waals surface area contributed by atoms with Gasteiger partial charge in [-0.3, -0.25) is 25.0 Å². The van der Waals surface area contributed by atoms with Crippen LogP contribution in [0.3, 0.4) is 0 Å². The highest BCUT2D eigenvalue weighted by molar-refractivity contribution is 9.10. The molecule has 1 N–H and O–H groups in total. The summed E-state index contributed by atoms with van der Waals surface area (Å²) < 4.78 is 0.614. The Kier molecular flexibility index (Phi) is 4.47. The van der Waals surface area contributed by atoms with Crippen LogP contribution in [-0.4, -0.2) is 15.8 Å². The molecule has 0 aliphatic carbocycles. The van der Waals surface area contributed by atoms with Crippen LogP contribution in [0.25, 0.3) is 0 Å². The highest BCUT2D eigenvalue weighted by Gasteiger charge is 2.20. The predicted octanol–water partition coefficient (Wildman–Crippen LogP) is 3.52. The van der Waals surface area contributed by atoms with Crippen molar-refractivity contribution in [2.24, 2.45) is 0 Å². The third kappa shape index (κ3) is 3.44. The topological polar surface area (TPSA) is 115 Å². The molecule has 0 unspecified atom stereocenters. The zero-order valence-electron chi connectivity index (χ0n) is 10.9. The van der Waals surface area contributed by atoms with E-state index in [1.807, 2.05) is 0 Å². The second-order valence-electron chi connectivity index (χ2n) is 4.19. The number of carbonyl (C=O) groups is 1. The summed E-state index contributed by atoms with van der Waals surface area (Å²) in [6.07, 6.45) is 0. The van der Waals surface area contributed by atoms with Gasteiger partial charge in [-0.05, 0) is 28.1 Å². The average molecular weight is 366 g/mol. The molecule has 0 fully saturated rings. The third-order valence-corrected chi connectivity index (χ3v) is 3.40. The fourth-order valence-electron chi connectivity index (χ4n) is 1.69. The van der Waals surface area contributed by atoms with E-state index in [1.165, 1.54) is 0 Å². The number of halogens is 1. The van der Waals surface area contributed by atoms with Crippen molar-refractivity contribution in [3.05, 3.63) is 72.7 Å². The summed E-state index contributed by atoms with van der Waals surface area (Å²) in [6, 6.07) is 9.53. The van der Waals surface area contributed by atoms with Gasteiger partial charge in [0, 0.05) is 16.6 Å². The fraction of sp³-hybridized carbons (Fsp3) is 0. The third-order valence-electron chi connectivity index (χ3n) is 2.71. The number of rotatable bonds is 4. The summed E-state index contributed by atoms with van der Waals surface area (Å²) in [6.45, 7) is 0. The number of nitrogens with zero attached hydrogens (tertiary/aromatic N) is 2. The highest BCUT2D eigenvalue weighted by Crippen LogP contribution is 2.25. The van der Waals surface area contributed by atoms with Crippen molar-refractivity contribution < 1.29 is 14.6 Å². The van der Waals surface area contributed by atoms with Crippen LogP contribution in [-0.2, 0) is 0 Å². The number of hydrogen-bond donors (Lipinski definition) is 1. The first kappa shape index (κ1) is 15.6. The number of nitro benzene ring substituents is 2. The maximum Gasteiger partial charge on any atom is 0.277 e. The van der Waals surface area contributed by atoms with Crippen LogP contribution in [0.4, 0.5) is 17.1 Å². The zero-order valence-corrected chi connectivity index (χ0v) is 12.4. The molecule has 2 rings (SSSR count). The standard InChI is InChI=1S/C13H8BrN3O5/c14-11-3-1-2-4-12(11)15-13(18)8-5-9(16(19)20)7-10(6-8)17(21)22/h1-7H,(H,15,18). The second-order valence-corrected chi connectivity index (χ2v) is 5.04. The van der Waals surface area contributed by atoms with E-state index in [0.29, 0.717) is 10.2 Å². The molecule has 1 amide bonds. The van der Waals surface area contributed by atoms with E-state index in [4.69, 9.17) is 0 Å². The number of nitrogens with one attached hydrogen (secondary N) is 1. The van der Waals surface area contributed by atoms with Gasteiger partial charge in [0.1, 0.15) is 0 Å². The van der Waals surface area contributed by atoms with Crippen LogP contribution in [0, 0.1) is 20.2 Å². The van der Waals surface area contributed by atoms with Crippen LogP contribution < -0.4 is 5.32 Å². The molecule has 0 aliphatic rings. The maximum absolute atomic E-state index is 12.1. The molecule has 2 aromatic rings. The van der Waals surface area contributed by atoms with Gasteiger partial charge in [0.05, 0.1) is 27.2 Å². The van der Waals surface area contributed by atoms with E-state index in [9.17, 15) is 25.0 Å². The zero-order chi connectivity index (χ0) is 16.3. The molecule has 0 saturated carbocycles. The number of amides is 1. The van der Waals surface area contributed by atoms with E-state index < -0.39 is 27.1 Å². The van der Waals surface area contributed by atoms with Crippen molar-refractivity contribution in [3.63, 3.8) is 0 Å². The summed E-state index contributed by atoms with van der Waals surface area (Å²) in [5.41, 5.74) is -0.767. The Morgan fingerprint density at radius 2 is 1.55 bits per heavy atom. The SMILES string of the molecule is O=C(Nc1ccccc1Br)c1cc([N+](=O)[O-])cc([N+](=O)[O-])c1. The molecule has 112 valence electrons. The minimum atomic E-state index is -0.789. The molecule has 0 aliphatic heterocycles. The number of carbonyl (C=O) groups excluding carboxylic acids is 1. The molecule has 0 aromatic heterocycles. The summed E-state index contributed by atoms with van der Waals surface area (Å²) >= 11 is 3.24. The number of non-ortho nitro benzene ring substituents is 2. The van der Waals surface area contributed by atoms with Crippen LogP contribution in [0.1, 0.15) is 10.4 Å². The fourth-order valence-corrected chi connectivity index (χ4v) is 2.08. The van der Waals surface area contributed by atoms with Gasteiger partial charge in [-0.2, -0.15) is 0 Å². The molecule has 22 heavy (non-hydrogen) atoms. The lowest BCUT2D eigenvalue weighted by Crippen LogP contribution is -2.13. The monoisotopic (exact) mass is 365 g/mol. The second kappa shape index (κ2) is 6.31.